The molecule has 3 amide bonds. The molecule has 0 saturated heterocycles. The normalized spacial score (nSPS) is 13.8. The summed E-state index contributed by atoms with van der Waals surface area (Å²) in [6, 6.07) is 10.9. The van der Waals surface area contributed by atoms with E-state index in [0.29, 0.717) is 40.6 Å². The quantitative estimate of drug-likeness (QED) is 0.128. The van der Waals surface area contributed by atoms with E-state index in [4.69, 9.17) is 19.2 Å². The van der Waals surface area contributed by atoms with Crippen LogP contribution in [-0.2, 0) is 9.47 Å². The minimum absolute atomic E-state index is 0.0124. The molecule has 4 aromatic rings. The molecule has 5 rings (SSSR count). The number of pyridine rings is 2. The predicted octanol–water partition coefficient (Wildman–Crippen LogP) is 7.30. The van der Waals surface area contributed by atoms with Crippen LogP contribution in [0.5, 0.6) is 11.5 Å². The van der Waals surface area contributed by atoms with Crippen LogP contribution in [0.2, 0.25) is 0 Å². The molecule has 46 heavy (non-hydrogen) atoms. The van der Waals surface area contributed by atoms with Crippen molar-refractivity contribution in [3.63, 3.8) is 0 Å². The van der Waals surface area contributed by atoms with Gasteiger partial charge in [0.25, 0.3) is 0 Å². The van der Waals surface area contributed by atoms with Crippen LogP contribution in [0, 0.1) is 11.2 Å². The standard InChI is InChI=1S/C33H38FN5O6S/c1-33(2,3)30(39(32(41)42)13-14-44-16-15-43-4)20-5-9-24(36-19-20)28-18-25-29(46-28)27(11-12-35-25)45-26-10-8-22(17-23(26)34)38-31(40)37-21-6-7-21/h5,8-12,17-19,21,30H,6-7,13-16H2,1-4H3,(H,41,42)(H2,37,38,40). The number of aromatic nitrogens is 2. The van der Waals surface area contributed by atoms with Crippen LogP contribution in [0.25, 0.3) is 20.8 Å². The summed E-state index contributed by atoms with van der Waals surface area (Å²) in [6.45, 7) is 7.24. The molecule has 0 aliphatic heterocycles. The predicted molar refractivity (Wildman–Crippen MR) is 174 cm³/mol. The number of anilines is 1. The van der Waals surface area contributed by atoms with Crippen molar-refractivity contribution < 1.29 is 33.3 Å². The topological polar surface area (TPSA) is 135 Å². The molecule has 3 aromatic heterocycles. The van der Waals surface area contributed by atoms with Gasteiger partial charge in [0.05, 0.1) is 46.7 Å². The second kappa shape index (κ2) is 14.4. The van der Waals surface area contributed by atoms with E-state index in [2.05, 4.69) is 15.6 Å². The molecule has 0 bridgehead atoms. The third-order valence-electron chi connectivity index (χ3n) is 7.34. The lowest BCUT2D eigenvalue weighted by atomic mass is 9.81. The number of carbonyl (C=O) groups excluding carboxylic acids is 1. The van der Waals surface area contributed by atoms with Crippen LogP contribution in [0.15, 0.2) is 54.9 Å². The Morgan fingerprint density at radius 2 is 1.89 bits per heavy atom. The molecule has 3 N–H and O–H groups in total. The molecule has 11 nitrogen and oxygen atoms in total. The fourth-order valence-electron chi connectivity index (χ4n) is 5.08. The second-order valence-electron chi connectivity index (χ2n) is 12.1. The van der Waals surface area contributed by atoms with E-state index in [1.165, 1.54) is 28.4 Å². The average molecular weight is 652 g/mol. The van der Waals surface area contributed by atoms with Gasteiger partial charge in [0, 0.05) is 49.9 Å². The Balaban J connectivity index is 1.33. The number of urea groups is 1. The van der Waals surface area contributed by atoms with Crippen LogP contribution >= 0.6 is 11.3 Å². The lowest BCUT2D eigenvalue weighted by molar-refractivity contribution is 0.0330. The maximum Gasteiger partial charge on any atom is 0.407 e. The Morgan fingerprint density at radius 1 is 1.09 bits per heavy atom. The number of fused-ring (bicyclic) bond motifs is 1. The Kier molecular flexibility index (Phi) is 10.3. The highest BCUT2D eigenvalue weighted by Crippen LogP contribution is 2.41. The number of methoxy groups -OCH3 is 1. The number of ether oxygens (including phenoxy) is 3. The molecular weight excluding hydrogens is 613 g/mol. The van der Waals surface area contributed by atoms with Crippen LogP contribution < -0.4 is 15.4 Å². The van der Waals surface area contributed by atoms with Gasteiger partial charge in [-0.05, 0) is 48.1 Å². The summed E-state index contributed by atoms with van der Waals surface area (Å²) in [7, 11) is 1.58. The third kappa shape index (κ3) is 8.27. The zero-order valence-electron chi connectivity index (χ0n) is 26.2. The number of amides is 3. The molecule has 244 valence electrons. The van der Waals surface area contributed by atoms with Crippen molar-refractivity contribution in [2.24, 2.45) is 5.41 Å². The third-order valence-corrected chi connectivity index (χ3v) is 8.50. The number of carbonyl (C=O) groups is 2. The Morgan fingerprint density at radius 3 is 2.54 bits per heavy atom. The molecule has 13 heteroatoms. The summed E-state index contributed by atoms with van der Waals surface area (Å²) in [5.41, 5.74) is 2.01. The number of benzene rings is 1. The number of nitrogens with zero attached hydrogens (tertiary/aromatic N) is 3. The van der Waals surface area contributed by atoms with Crippen molar-refractivity contribution >= 4 is 39.4 Å². The van der Waals surface area contributed by atoms with Crippen LogP contribution in [0.1, 0.15) is 45.2 Å². The molecule has 0 spiro atoms. The zero-order chi connectivity index (χ0) is 32.8. The number of thiophene rings is 1. The van der Waals surface area contributed by atoms with Crippen LogP contribution in [0.4, 0.5) is 19.7 Å². The number of rotatable bonds is 13. The van der Waals surface area contributed by atoms with Gasteiger partial charge >= 0.3 is 12.1 Å². The van der Waals surface area contributed by atoms with E-state index >= 15 is 0 Å². The number of hydrogen-bond donors (Lipinski definition) is 3. The second-order valence-corrected chi connectivity index (χ2v) is 13.1. The lowest BCUT2D eigenvalue weighted by Crippen LogP contribution is -2.42. The molecule has 1 aliphatic carbocycles. The molecule has 1 aliphatic rings. The number of nitrogens with one attached hydrogen (secondary N) is 2. The molecule has 1 aromatic carbocycles. The van der Waals surface area contributed by atoms with E-state index < -0.39 is 23.4 Å². The summed E-state index contributed by atoms with van der Waals surface area (Å²) in [4.78, 5) is 35.7. The first kappa shape index (κ1) is 33.0. The van der Waals surface area contributed by atoms with Gasteiger partial charge in [-0.1, -0.05) is 26.8 Å². The van der Waals surface area contributed by atoms with E-state index in [9.17, 15) is 19.1 Å². The minimum atomic E-state index is -1.04. The van der Waals surface area contributed by atoms with Gasteiger partial charge in [-0.15, -0.1) is 11.3 Å². The maximum absolute atomic E-state index is 15.0. The van der Waals surface area contributed by atoms with Crippen molar-refractivity contribution in [1.82, 2.24) is 20.2 Å². The van der Waals surface area contributed by atoms with E-state index in [-0.39, 0.29) is 31.0 Å². The number of carboxylic acid groups (broad SMARTS) is 1. The summed E-state index contributed by atoms with van der Waals surface area (Å²) in [6.07, 6.45) is 4.17. The van der Waals surface area contributed by atoms with E-state index in [1.807, 2.05) is 39.0 Å². The van der Waals surface area contributed by atoms with Gasteiger partial charge in [-0.25, -0.2) is 14.0 Å². The number of halogens is 1. The van der Waals surface area contributed by atoms with Crippen molar-refractivity contribution in [2.75, 3.05) is 38.8 Å². The lowest BCUT2D eigenvalue weighted by Gasteiger charge is -2.38. The highest BCUT2D eigenvalue weighted by atomic mass is 32.1. The summed E-state index contributed by atoms with van der Waals surface area (Å²) >= 11 is 1.40. The van der Waals surface area contributed by atoms with Crippen LogP contribution in [0.3, 0.4) is 0 Å². The molecule has 1 saturated carbocycles. The van der Waals surface area contributed by atoms with E-state index in [1.54, 1.807) is 31.6 Å². The molecular formula is C33H38FN5O6S. The monoisotopic (exact) mass is 651 g/mol. The van der Waals surface area contributed by atoms with Gasteiger partial charge < -0.3 is 30.0 Å². The molecule has 0 radical (unpaired) electrons. The van der Waals surface area contributed by atoms with Crippen molar-refractivity contribution in [1.29, 1.82) is 0 Å². The van der Waals surface area contributed by atoms with E-state index in [0.717, 1.165) is 23.3 Å². The molecule has 1 atom stereocenters. The highest BCUT2D eigenvalue weighted by molar-refractivity contribution is 7.22. The first-order chi connectivity index (χ1) is 22.0. The average Bonchev–Trinajstić information content (AvgIpc) is 3.70. The van der Waals surface area contributed by atoms with Gasteiger partial charge in [0.1, 0.15) is 5.75 Å². The summed E-state index contributed by atoms with van der Waals surface area (Å²) in [5, 5.41) is 15.5. The largest absolute Gasteiger partial charge is 0.465 e. The van der Waals surface area contributed by atoms with Crippen molar-refractivity contribution in [3.05, 3.63) is 66.2 Å². The van der Waals surface area contributed by atoms with Crippen molar-refractivity contribution in [3.8, 4) is 22.1 Å². The fraction of sp³-hybridized carbons (Fsp3) is 0.394. The summed E-state index contributed by atoms with van der Waals surface area (Å²) < 4.78 is 32.2. The highest BCUT2D eigenvalue weighted by Gasteiger charge is 2.35. The van der Waals surface area contributed by atoms with Gasteiger partial charge in [-0.2, -0.15) is 0 Å². The van der Waals surface area contributed by atoms with Gasteiger partial charge in [-0.3, -0.25) is 14.9 Å². The smallest absolute Gasteiger partial charge is 0.407 e. The van der Waals surface area contributed by atoms with Gasteiger partial charge in [0.15, 0.2) is 11.6 Å². The molecule has 3 heterocycles. The van der Waals surface area contributed by atoms with Gasteiger partial charge in [0.2, 0.25) is 0 Å². The van der Waals surface area contributed by atoms with Crippen LogP contribution in [-0.4, -0.2) is 71.6 Å². The minimum Gasteiger partial charge on any atom is -0.465 e. The maximum atomic E-state index is 15.0. The first-order valence-electron chi connectivity index (χ1n) is 15.0. The Bertz CT molecular complexity index is 1670. The molecule has 1 unspecified atom stereocenters. The van der Waals surface area contributed by atoms with Crippen molar-refractivity contribution in [2.45, 2.75) is 45.7 Å². The molecule has 1 fully saturated rings. The Hall–Kier alpha value is -4.33. The summed E-state index contributed by atoms with van der Waals surface area (Å²) in [5.74, 6) is -0.173. The zero-order valence-corrected chi connectivity index (χ0v) is 27.0. The first-order valence-corrected chi connectivity index (χ1v) is 15.8. The fourth-order valence-corrected chi connectivity index (χ4v) is 6.13. The Labute approximate surface area is 270 Å². The number of hydrogen-bond acceptors (Lipinski definition) is 8. The SMILES string of the molecule is COCCOCCN(C(=O)O)C(c1ccc(-c2cc3nccc(Oc4ccc(NC(=O)NC5CC5)cc4F)c3s2)nc1)C(C)(C)C.